The fourth-order valence-electron chi connectivity index (χ4n) is 3.03. The number of carbonyl (C=O) groups is 2. The van der Waals surface area contributed by atoms with Gasteiger partial charge in [-0.15, -0.1) is 0 Å². The highest BCUT2D eigenvalue weighted by molar-refractivity contribution is 5.97. The maximum Gasteiger partial charge on any atom is 0.328 e. The molecule has 170 valence electrons. The molecule has 0 saturated heterocycles. The van der Waals surface area contributed by atoms with Crippen molar-refractivity contribution in [3.05, 3.63) is 89.8 Å². The predicted octanol–water partition coefficient (Wildman–Crippen LogP) is 3.90. The van der Waals surface area contributed by atoms with E-state index < -0.39 is 35.1 Å². The van der Waals surface area contributed by atoms with Crippen LogP contribution in [-0.2, 0) is 9.53 Å². The van der Waals surface area contributed by atoms with E-state index in [-0.39, 0.29) is 6.42 Å². The minimum Gasteiger partial charge on any atom is -0.467 e. The number of methoxy groups -OCH3 is 1. The smallest absolute Gasteiger partial charge is 0.328 e. The van der Waals surface area contributed by atoms with E-state index in [0.29, 0.717) is 5.95 Å². The van der Waals surface area contributed by atoms with Crippen molar-refractivity contribution < 1.29 is 23.1 Å². The van der Waals surface area contributed by atoms with Crippen molar-refractivity contribution in [2.75, 3.05) is 19.1 Å². The maximum atomic E-state index is 13.9. The SMILES string of the molecule is COC(=O)C(CC=Cc1ccc(N(C)c2ncccn2)cc1)NC(=O)c1c(F)cccc1F. The Morgan fingerprint density at radius 1 is 1.06 bits per heavy atom. The standard InChI is InChI=1S/C24H22F2N4O3/c1-30(24-27-14-5-15-28-24)17-12-10-16(11-13-17)6-3-9-20(23(32)33-2)29-22(31)21-18(25)7-4-8-19(21)26/h3-8,10-15,20H,9H2,1-2H3,(H,29,31). The van der Waals surface area contributed by atoms with Crippen LogP contribution >= 0.6 is 0 Å². The fourth-order valence-corrected chi connectivity index (χ4v) is 3.03. The Bertz CT molecular complexity index is 1120. The van der Waals surface area contributed by atoms with Crippen LogP contribution in [0.1, 0.15) is 22.3 Å². The molecule has 33 heavy (non-hydrogen) atoms. The van der Waals surface area contributed by atoms with Gasteiger partial charge in [0.25, 0.3) is 5.91 Å². The van der Waals surface area contributed by atoms with E-state index in [9.17, 15) is 18.4 Å². The number of rotatable bonds is 8. The first-order valence-corrected chi connectivity index (χ1v) is 10.0. The van der Waals surface area contributed by atoms with Crippen molar-refractivity contribution >= 4 is 29.6 Å². The quantitative estimate of drug-likeness (QED) is 0.522. The Morgan fingerprint density at radius 3 is 2.30 bits per heavy atom. The van der Waals surface area contributed by atoms with Gasteiger partial charge in [-0.3, -0.25) is 4.79 Å². The molecule has 0 fully saturated rings. The van der Waals surface area contributed by atoms with Crippen LogP contribution in [0.3, 0.4) is 0 Å². The number of halogens is 2. The number of ether oxygens (including phenoxy) is 1. The molecule has 7 nitrogen and oxygen atoms in total. The zero-order valence-corrected chi connectivity index (χ0v) is 18.0. The summed E-state index contributed by atoms with van der Waals surface area (Å²) in [4.78, 5) is 34.6. The lowest BCUT2D eigenvalue weighted by atomic mass is 10.1. The van der Waals surface area contributed by atoms with Crippen LogP contribution in [0.4, 0.5) is 20.4 Å². The Balaban J connectivity index is 1.66. The lowest BCUT2D eigenvalue weighted by Crippen LogP contribution is -2.41. The normalized spacial score (nSPS) is 11.8. The molecule has 0 aliphatic carbocycles. The highest BCUT2D eigenvalue weighted by Gasteiger charge is 2.24. The van der Waals surface area contributed by atoms with E-state index in [2.05, 4.69) is 15.3 Å². The Labute approximate surface area is 189 Å². The Hall–Kier alpha value is -4.14. The molecule has 0 bridgehead atoms. The van der Waals surface area contributed by atoms with Gasteiger partial charge in [0.05, 0.1) is 7.11 Å². The first-order valence-electron chi connectivity index (χ1n) is 10.0. The number of carbonyl (C=O) groups excluding carboxylic acids is 2. The molecule has 1 unspecified atom stereocenters. The third-order valence-electron chi connectivity index (χ3n) is 4.80. The fraction of sp³-hybridized carbons (Fsp3) is 0.167. The van der Waals surface area contributed by atoms with Gasteiger partial charge in [-0.25, -0.2) is 23.5 Å². The topological polar surface area (TPSA) is 84.4 Å². The molecule has 0 radical (unpaired) electrons. The van der Waals surface area contributed by atoms with Crippen LogP contribution in [0, 0.1) is 11.6 Å². The third-order valence-corrected chi connectivity index (χ3v) is 4.80. The van der Waals surface area contributed by atoms with E-state index in [1.54, 1.807) is 30.6 Å². The van der Waals surface area contributed by atoms with Gasteiger partial charge < -0.3 is 15.0 Å². The number of nitrogens with one attached hydrogen (secondary N) is 1. The second kappa shape index (κ2) is 10.9. The Kier molecular flexibility index (Phi) is 7.80. The van der Waals surface area contributed by atoms with Crippen molar-refractivity contribution in [1.82, 2.24) is 15.3 Å². The van der Waals surface area contributed by atoms with E-state index in [1.807, 2.05) is 36.2 Å². The molecule has 1 heterocycles. The number of hydrogen-bond acceptors (Lipinski definition) is 6. The third kappa shape index (κ3) is 5.97. The van der Waals surface area contributed by atoms with Gasteiger partial charge in [0.15, 0.2) is 0 Å². The van der Waals surface area contributed by atoms with Crippen molar-refractivity contribution in [2.24, 2.45) is 0 Å². The van der Waals surface area contributed by atoms with Crippen LogP contribution < -0.4 is 10.2 Å². The van der Waals surface area contributed by atoms with Crippen molar-refractivity contribution in [1.29, 1.82) is 0 Å². The summed E-state index contributed by atoms with van der Waals surface area (Å²) in [5, 5.41) is 2.33. The molecular formula is C24H22F2N4O3. The zero-order valence-electron chi connectivity index (χ0n) is 18.0. The highest BCUT2D eigenvalue weighted by atomic mass is 19.1. The van der Waals surface area contributed by atoms with E-state index in [1.165, 1.54) is 7.11 Å². The summed E-state index contributed by atoms with van der Waals surface area (Å²) in [5.41, 5.74) is 0.971. The van der Waals surface area contributed by atoms with Gasteiger partial charge in [0.1, 0.15) is 23.2 Å². The summed E-state index contributed by atoms with van der Waals surface area (Å²) in [7, 11) is 3.02. The van der Waals surface area contributed by atoms with Gasteiger partial charge in [-0.1, -0.05) is 30.4 Å². The van der Waals surface area contributed by atoms with E-state index >= 15 is 0 Å². The lowest BCUT2D eigenvalue weighted by Gasteiger charge is -2.17. The van der Waals surface area contributed by atoms with Crippen molar-refractivity contribution in [3.63, 3.8) is 0 Å². The first kappa shape index (κ1) is 23.5. The van der Waals surface area contributed by atoms with Gasteiger partial charge in [0.2, 0.25) is 5.95 Å². The lowest BCUT2D eigenvalue weighted by molar-refractivity contribution is -0.142. The molecule has 1 amide bonds. The second-order valence-corrected chi connectivity index (χ2v) is 6.98. The summed E-state index contributed by atoms with van der Waals surface area (Å²) in [6.45, 7) is 0. The van der Waals surface area contributed by atoms with Crippen LogP contribution in [-0.4, -0.2) is 42.0 Å². The average molecular weight is 452 g/mol. The van der Waals surface area contributed by atoms with Crippen LogP contribution in [0.25, 0.3) is 6.08 Å². The molecule has 3 aromatic rings. The van der Waals surface area contributed by atoms with Gasteiger partial charge >= 0.3 is 5.97 Å². The monoisotopic (exact) mass is 452 g/mol. The summed E-state index contributed by atoms with van der Waals surface area (Å²) in [5.74, 6) is -3.24. The molecule has 0 aliphatic rings. The number of anilines is 2. The van der Waals surface area contributed by atoms with Crippen LogP contribution in [0.2, 0.25) is 0 Å². The van der Waals surface area contributed by atoms with Gasteiger partial charge in [0, 0.05) is 25.1 Å². The number of benzene rings is 2. The van der Waals surface area contributed by atoms with Gasteiger partial charge in [-0.05, 0) is 42.3 Å². The number of aromatic nitrogens is 2. The molecule has 1 atom stereocenters. The number of amides is 1. The van der Waals surface area contributed by atoms with Gasteiger partial charge in [-0.2, -0.15) is 0 Å². The molecule has 0 saturated carbocycles. The minimum absolute atomic E-state index is 0.0635. The van der Waals surface area contributed by atoms with Crippen LogP contribution in [0.5, 0.6) is 0 Å². The summed E-state index contributed by atoms with van der Waals surface area (Å²) in [6.07, 6.45) is 6.81. The molecule has 0 aliphatic heterocycles. The molecule has 2 aromatic carbocycles. The number of esters is 1. The minimum atomic E-state index is -1.11. The molecular weight excluding hydrogens is 430 g/mol. The number of nitrogens with zero attached hydrogens (tertiary/aromatic N) is 3. The predicted molar refractivity (Wildman–Crippen MR) is 120 cm³/mol. The number of hydrogen-bond donors (Lipinski definition) is 1. The molecule has 3 rings (SSSR count). The average Bonchev–Trinajstić information content (AvgIpc) is 2.83. The summed E-state index contributed by atoms with van der Waals surface area (Å²) < 4.78 is 32.4. The van der Waals surface area contributed by atoms with Crippen molar-refractivity contribution in [2.45, 2.75) is 12.5 Å². The molecule has 9 heteroatoms. The summed E-state index contributed by atoms with van der Waals surface area (Å²) in [6, 6.07) is 11.2. The van der Waals surface area contributed by atoms with Crippen LogP contribution in [0.15, 0.2) is 67.0 Å². The van der Waals surface area contributed by atoms with E-state index in [0.717, 1.165) is 29.4 Å². The zero-order chi connectivity index (χ0) is 23.8. The highest BCUT2D eigenvalue weighted by Crippen LogP contribution is 2.20. The molecule has 1 aromatic heterocycles. The second-order valence-electron chi connectivity index (χ2n) is 6.98. The first-order chi connectivity index (χ1) is 15.9. The van der Waals surface area contributed by atoms with E-state index in [4.69, 9.17) is 4.74 Å². The Morgan fingerprint density at radius 2 is 1.70 bits per heavy atom. The molecule has 0 spiro atoms. The maximum absolute atomic E-state index is 13.9. The van der Waals surface area contributed by atoms with Crippen molar-refractivity contribution in [3.8, 4) is 0 Å². The summed E-state index contributed by atoms with van der Waals surface area (Å²) >= 11 is 0. The largest absolute Gasteiger partial charge is 0.467 e. The molecule has 1 N–H and O–H groups in total.